The van der Waals surface area contributed by atoms with Crippen molar-refractivity contribution in [2.45, 2.75) is 51.5 Å². The van der Waals surface area contributed by atoms with Gasteiger partial charge in [0.05, 0.1) is 0 Å². The standard InChI is InChI=1S/C15H28N2/c1-11(2)13-5-6-17(9-13)15(10-16)8-12-3-4-14(15)7-12/h11-14H,3-10,16H2,1-2H3. The molecule has 0 radical (unpaired) electrons. The fraction of sp³-hybridized carbons (Fsp3) is 1.00. The van der Waals surface area contributed by atoms with Crippen LogP contribution in [0.4, 0.5) is 0 Å². The third-order valence-corrected chi connectivity index (χ3v) is 6.09. The van der Waals surface area contributed by atoms with Crippen molar-refractivity contribution in [2.24, 2.45) is 29.4 Å². The van der Waals surface area contributed by atoms with Gasteiger partial charge in [0, 0.05) is 18.6 Å². The Morgan fingerprint density at radius 1 is 1.29 bits per heavy atom. The van der Waals surface area contributed by atoms with Gasteiger partial charge in [0.2, 0.25) is 0 Å². The maximum absolute atomic E-state index is 6.22. The molecule has 17 heavy (non-hydrogen) atoms. The summed E-state index contributed by atoms with van der Waals surface area (Å²) in [5, 5.41) is 0. The highest BCUT2D eigenvalue weighted by Gasteiger charge is 2.54. The molecule has 2 N–H and O–H groups in total. The molecule has 0 aromatic rings. The molecule has 4 unspecified atom stereocenters. The van der Waals surface area contributed by atoms with Crippen LogP contribution in [-0.4, -0.2) is 30.1 Å². The van der Waals surface area contributed by atoms with Crippen molar-refractivity contribution >= 4 is 0 Å². The average molecular weight is 236 g/mol. The highest BCUT2D eigenvalue weighted by Crippen LogP contribution is 2.54. The van der Waals surface area contributed by atoms with E-state index in [0.29, 0.717) is 5.54 Å². The maximum atomic E-state index is 6.22. The Labute approximate surface area is 106 Å². The SMILES string of the molecule is CC(C)C1CCN(C2(CN)CC3CCC2C3)C1. The number of nitrogens with zero attached hydrogens (tertiary/aromatic N) is 1. The van der Waals surface area contributed by atoms with Gasteiger partial charge >= 0.3 is 0 Å². The number of hydrogen-bond acceptors (Lipinski definition) is 2. The van der Waals surface area contributed by atoms with Crippen LogP contribution in [0.5, 0.6) is 0 Å². The summed E-state index contributed by atoms with van der Waals surface area (Å²) in [6.45, 7) is 8.29. The van der Waals surface area contributed by atoms with Gasteiger partial charge in [-0.2, -0.15) is 0 Å². The molecule has 4 atom stereocenters. The van der Waals surface area contributed by atoms with Gasteiger partial charge in [-0.3, -0.25) is 4.90 Å². The summed E-state index contributed by atoms with van der Waals surface area (Å²) in [5.41, 5.74) is 6.62. The molecular formula is C15H28N2. The van der Waals surface area contributed by atoms with E-state index in [9.17, 15) is 0 Å². The zero-order chi connectivity index (χ0) is 12.0. The summed E-state index contributed by atoms with van der Waals surface area (Å²) < 4.78 is 0. The van der Waals surface area contributed by atoms with Crippen molar-refractivity contribution in [1.29, 1.82) is 0 Å². The Hall–Kier alpha value is -0.0800. The first-order valence-electron chi connectivity index (χ1n) is 7.61. The molecule has 98 valence electrons. The lowest BCUT2D eigenvalue weighted by atomic mass is 9.79. The van der Waals surface area contributed by atoms with Crippen molar-refractivity contribution in [3.05, 3.63) is 0 Å². The van der Waals surface area contributed by atoms with Crippen LogP contribution in [-0.2, 0) is 0 Å². The number of rotatable bonds is 3. The van der Waals surface area contributed by atoms with E-state index in [1.165, 1.54) is 45.2 Å². The van der Waals surface area contributed by atoms with Crippen LogP contribution in [0.1, 0.15) is 46.0 Å². The molecule has 2 nitrogen and oxygen atoms in total. The smallest absolute Gasteiger partial charge is 0.0362 e. The molecule has 3 aliphatic rings. The third-order valence-electron chi connectivity index (χ3n) is 6.09. The van der Waals surface area contributed by atoms with E-state index in [0.717, 1.165) is 30.2 Å². The molecule has 0 amide bonds. The van der Waals surface area contributed by atoms with E-state index in [1.54, 1.807) is 0 Å². The normalized spacial score (nSPS) is 46.2. The van der Waals surface area contributed by atoms with Crippen molar-refractivity contribution in [3.8, 4) is 0 Å². The molecule has 1 saturated heterocycles. The molecule has 2 aliphatic carbocycles. The van der Waals surface area contributed by atoms with E-state index >= 15 is 0 Å². The molecule has 1 aliphatic heterocycles. The summed E-state index contributed by atoms with van der Waals surface area (Å²) in [4.78, 5) is 2.79. The number of likely N-dealkylation sites (tertiary alicyclic amines) is 1. The van der Waals surface area contributed by atoms with Gasteiger partial charge < -0.3 is 5.73 Å². The molecule has 3 rings (SSSR count). The Bertz CT molecular complexity index is 289. The monoisotopic (exact) mass is 236 g/mol. The fourth-order valence-corrected chi connectivity index (χ4v) is 4.92. The summed E-state index contributed by atoms with van der Waals surface area (Å²) in [5.74, 6) is 3.68. The van der Waals surface area contributed by atoms with Crippen LogP contribution in [0.25, 0.3) is 0 Å². The van der Waals surface area contributed by atoms with Crippen LogP contribution < -0.4 is 5.73 Å². The van der Waals surface area contributed by atoms with Crippen molar-refractivity contribution in [2.75, 3.05) is 19.6 Å². The van der Waals surface area contributed by atoms with Crippen LogP contribution in [0.15, 0.2) is 0 Å². The van der Waals surface area contributed by atoms with Crippen LogP contribution in [0, 0.1) is 23.7 Å². The van der Waals surface area contributed by atoms with Gasteiger partial charge in [-0.1, -0.05) is 20.3 Å². The minimum absolute atomic E-state index is 0.409. The Kier molecular flexibility index (Phi) is 2.99. The quantitative estimate of drug-likeness (QED) is 0.815. The minimum Gasteiger partial charge on any atom is -0.329 e. The van der Waals surface area contributed by atoms with E-state index < -0.39 is 0 Å². The van der Waals surface area contributed by atoms with E-state index in [1.807, 2.05) is 0 Å². The Balaban J connectivity index is 1.74. The molecular weight excluding hydrogens is 208 g/mol. The van der Waals surface area contributed by atoms with Crippen LogP contribution in [0.3, 0.4) is 0 Å². The number of nitrogens with two attached hydrogens (primary N) is 1. The van der Waals surface area contributed by atoms with Gasteiger partial charge in [0.1, 0.15) is 0 Å². The summed E-state index contributed by atoms with van der Waals surface area (Å²) >= 11 is 0. The topological polar surface area (TPSA) is 29.3 Å². The fourth-order valence-electron chi connectivity index (χ4n) is 4.92. The summed E-state index contributed by atoms with van der Waals surface area (Å²) in [6, 6.07) is 0. The van der Waals surface area contributed by atoms with Crippen molar-refractivity contribution in [3.63, 3.8) is 0 Å². The lowest BCUT2D eigenvalue weighted by Crippen LogP contribution is -2.56. The highest BCUT2D eigenvalue weighted by molar-refractivity contribution is 5.09. The average Bonchev–Trinajstić information content (AvgIpc) is 3.03. The molecule has 0 spiro atoms. The number of hydrogen-bond donors (Lipinski definition) is 1. The van der Waals surface area contributed by atoms with Gasteiger partial charge in [0.25, 0.3) is 0 Å². The minimum atomic E-state index is 0.409. The molecule has 2 saturated carbocycles. The second-order valence-corrected chi connectivity index (χ2v) is 7.13. The first kappa shape index (κ1) is 12.0. The van der Waals surface area contributed by atoms with Gasteiger partial charge in [0.15, 0.2) is 0 Å². The first-order valence-corrected chi connectivity index (χ1v) is 7.61. The first-order chi connectivity index (χ1) is 8.15. The van der Waals surface area contributed by atoms with Crippen LogP contribution in [0.2, 0.25) is 0 Å². The maximum Gasteiger partial charge on any atom is 0.0362 e. The zero-order valence-electron chi connectivity index (χ0n) is 11.5. The van der Waals surface area contributed by atoms with Crippen LogP contribution >= 0.6 is 0 Å². The Morgan fingerprint density at radius 3 is 2.59 bits per heavy atom. The second kappa shape index (κ2) is 4.24. The number of fused-ring (bicyclic) bond motifs is 2. The summed E-state index contributed by atoms with van der Waals surface area (Å²) in [7, 11) is 0. The predicted molar refractivity (Wildman–Crippen MR) is 71.8 cm³/mol. The van der Waals surface area contributed by atoms with Gasteiger partial charge in [-0.05, 0) is 55.9 Å². The van der Waals surface area contributed by atoms with Crippen molar-refractivity contribution in [1.82, 2.24) is 4.90 Å². The van der Waals surface area contributed by atoms with Gasteiger partial charge in [-0.25, -0.2) is 0 Å². The molecule has 3 fully saturated rings. The largest absolute Gasteiger partial charge is 0.329 e. The lowest BCUT2D eigenvalue weighted by Gasteiger charge is -2.45. The van der Waals surface area contributed by atoms with Gasteiger partial charge in [-0.15, -0.1) is 0 Å². The second-order valence-electron chi connectivity index (χ2n) is 7.13. The van der Waals surface area contributed by atoms with E-state index in [-0.39, 0.29) is 0 Å². The molecule has 2 heteroatoms. The zero-order valence-corrected chi connectivity index (χ0v) is 11.5. The lowest BCUT2D eigenvalue weighted by molar-refractivity contribution is 0.0583. The molecule has 2 bridgehead atoms. The predicted octanol–water partition coefficient (Wildman–Crippen LogP) is 2.48. The third kappa shape index (κ3) is 1.76. The molecule has 0 aromatic heterocycles. The Morgan fingerprint density at radius 2 is 2.12 bits per heavy atom. The van der Waals surface area contributed by atoms with Crippen molar-refractivity contribution < 1.29 is 0 Å². The highest BCUT2D eigenvalue weighted by atomic mass is 15.2. The molecule has 1 heterocycles. The van der Waals surface area contributed by atoms with E-state index in [4.69, 9.17) is 5.73 Å². The summed E-state index contributed by atoms with van der Waals surface area (Å²) in [6.07, 6.45) is 7.20. The van der Waals surface area contributed by atoms with E-state index in [2.05, 4.69) is 18.7 Å². The molecule has 0 aromatic carbocycles.